The second-order valence-electron chi connectivity index (χ2n) is 6.88. The normalized spacial score (nSPS) is 15.5. The molecule has 0 spiro atoms. The van der Waals surface area contributed by atoms with E-state index >= 15 is 0 Å². The van der Waals surface area contributed by atoms with Crippen LogP contribution >= 0.6 is 0 Å². The Balaban J connectivity index is 1.89. The highest BCUT2D eigenvalue weighted by atomic mass is 16.3. The monoisotopic (exact) mass is 357 g/mol. The number of amides is 1. The van der Waals surface area contributed by atoms with Gasteiger partial charge in [0.1, 0.15) is 0 Å². The van der Waals surface area contributed by atoms with E-state index in [-0.39, 0.29) is 18.6 Å². The SMILES string of the molecule is CCC(C)NC(=O)c1nnn(-c2cccc3c2CCN(CCO)C3)c1C. The first-order chi connectivity index (χ1) is 12.5. The standard InChI is InChI=1S/C19H27N5O2/c1-4-13(2)20-19(26)18-14(3)24(22-21-18)17-7-5-6-15-12-23(10-11-25)9-8-16(15)17/h5-7,13,25H,4,8-12H2,1-3H3,(H,20,26). The van der Waals surface area contributed by atoms with Crippen LogP contribution in [0.5, 0.6) is 0 Å². The van der Waals surface area contributed by atoms with Crippen molar-refractivity contribution in [2.75, 3.05) is 19.7 Å². The van der Waals surface area contributed by atoms with Gasteiger partial charge in [-0.2, -0.15) is 0 Å². The molecule has 1 unspecified atom stereocenters. The van der Waals surface area contributed by atoms with Crippen molar-refractivity contribution < 1.29 is 9.90 Å². The van der Waals surface area contributed by atoms with Gasteiger partial charge < -0.3 is 10.4 Å². The summed E-state index contributed by atoms with van der Waals surface area (Å²) < 4.78 is 1.77. The fourth-order valence-electron chi connectivity index (χ4n) is 3.34. The average molecular weight is 357 g/mol. The molecule has 0 bridgehead atoms. The number of benzene rings is 1. The molecule has 1 aromatic heterocycles. The zero-order valence-electron chi connectivity index (χ0n) is 15.7. The third-order valence-corrected chi connectivity index (χ3v) is 5.06. The number of carbonyl (C=O) groups excluding carboxylic acids is 1. The van der Waals surface area contributed by atoms with Crippen molar-refractivity contribution in [3.05, 3.63) is 40.7 Å². The summed E-state index contributed by atoms with van der Waals surface area (Å²) in [5.74, 6) is -0.179. The first kappa shape index (κ1) is 18.5. The highest BCUT2D eigenvalue weighted by Crippen LogP contribution is 2.26. The van der Waals surface area contributed by atoms with Crippen molar-refractivity contribution in [1.29, 1.82) is 0 Å². The first-order valence-electron chi connectivity index (χ1n) is 9.22. The molecule has 7 nitrogen and oxygen atoms in total. The Kier molecular flexibility index (Phi) is 5.68. The fraction of sp³-hybridized carbons (Fsp3) is 0.526. The Labute approximate surface area is 154 Å². The molecule has 0 fully saturated rings. The van der Waals surface area contributed by atoms with Crippen LogP contribution in [0.3, 0.4) is 0 Å². The molecule has 0 radical (unpaired) electrons. The maximum Gasteiger partial charge on any atom is 0.273 e. The van der Waals surface area contributed by atoms with E-state index in [0.717, 1.165) is 37.3 Å². The van der Waals surface area contributed by atoms with E-state index in [1.165, 1.54) is 11.1 Å². The molecule has 1 amide bonds. The Morgan fingerprint density at radius 1 is 1.42 bits per heavy atom. The van der Waals surface area contributed by atoms with Crippen LogP contribution in [0.25, 0.3) is 5.69 Å². The van der Waals surface area contributed by atoms with Crippen LogP contribution in [0, 0.1) is 6.92 Å². The Hall–Kier alpha value is -2.25. The summed E-state index contributed by atoms with van der Waals surface area (Å²) in [7, 11) is 0. The molecule has 1 atom stereocenters. The lowest BCUT2D eigenvalue weighted by Gasteiger charge is -2.29. The van der Waals surface area contributed by atoms with Crippen LogP contribution in [0.2, 0.25) is 0 Å². The van der Waals surface area contributed by atoms with Crippen LogP contribution in [-0.4, -0.2) is 56.6 Å². The van der Waals surface area contributed by atoms with E-state index in [0.29, 0.717) is 12.2 Å². The number of hydrogen-bond acceptors (Lipinski definition) is 5. The van der Waals surface area contributed by atoms with E-state index in [9.17, 15) is 4.79 Å². The van der Waals surface area contributed by atoms with Gasteiger partial charge in [0.05, 0.1) is 18.0 Å². The second kappa shape index (κ2) is 7.97. The Bertz CT molecular complexity index is 786. The van der Waals surface area contributed by atoms with Crippen molar-refractivity contribution >= 4 is 5.91 Å². The maximum absolute atomic E-state index is 12.4. The van der Waals surface area contributed by atoms with Crippen LogP contribution in [-0.2, 0) is 13.0 Å². The number of aliphatic hydroxyl groups is 1. The lowest BCUT2D eigenvalue weighted by Crippen LogP contribution is -2.33. The van der Waals surface area contributed by atoms with Crippen molar-refractivity contribution in [3.8, 4) is 5.69 Å². The van der Waals surface area contributed by atoms with E-state index in [1.54, 1.807) is 4.68 Å². The fourth-order valence-corrected chi connectivity index (χ4v) is 3.34. The first-order valence-corrected chi connectivity index (χ1v) is 9.22. The van der Waals surface area contributed by atoms with Gasteiger partial charge in [-0.3, -0.25) is 9.69 Å². The van der Waals surface area contributed by atoms with Gasteiger partial charge >= 0.3 is 0 Å². The summed E-state index contributed by atoms with van der Waals surface area (Å²) in [5, 5.41) is 20.5. The van der Waals surface area contributed by atoms with Gasteiger partial charge in [-0.05, 0) is 43.9 Å². The minimum Gasteiger partial charge on any atom is -0.395 e. The molecule has 2 heterocycles. The van der Waals surface area contributed by atoms with E-state index in [4.69, 9.17) is 5.11 Å². The Morgan fingerprint density at radius 2 is 2.23 bits per heavy atom. The predicted octanol–water partition coefficient (Wildman–Crippen LogP) is 1.45. The van der Waals surface area contributed by atoms with Gasteiger partial charge in [0.2, 0.25) is 0 Å². The van der Waals surface area contributed by atoms with Gasteiger partial charge in [-0.25, -0.2) is 4.68 Å². The van der Waals surface area contributed by atoms with E-state index < -0.39 is 0 Å². The van der Waals surface area contributed by atoms with Gasteiger partial charge in [0, 0.05) is 25.7 Å². The highest BCUT2D eigenvalue weighted by molar-refractivity contribution is 5.93. The molecule has 0 saturated heterocycles. The summed E-state index contributed by atoms with van der Waals surface area (Å²) in [6, 6.07) is 6.26. The second-order valence-corrected chi connectivity index (χ2v) is 6.88. The predicted molar refractivity (Wildman–Crippen MR) is 99.4 cm³/mol. The topological polar surface area (TPSA) is 83.3 Å². The maximum atomic E-state index is 12.4. The number of nitrogens with zero attached hydrogens (tertiary/aromatic N) is 4. The van der Waals surface area contributed by atoms with E-state index in [2.05, 4.69) is 26.6 Å². The molecule has 1 aliphatic rings. The lowest BCUT2D eigenvalue weighted by molar-refractivity contribution is 0.0933. The van der Waals surface area contributed by atoms with Crippen molar-refractivity contribution in [1.82, 2.24) is 25.2 Å². The number of rotatable bonds is 6. The number of aliphatic hydroxyl groups excluding tert-OH is 1. The smallest absolute Gasteiger partial charge is 0.273 e. The third-order valence-electron chi connectivity index (χ3n) is 5.06. The molecule has 0 saturated carbocycles. The van der Waals surface area contributed by atoms with Gasteiger partial charge in [0.15, 0.2) is 5.69 Å². The number of β-amino-alcohol motifs (C(OH)–C–C–N with tert-alkyl or cyclic N) is 1. The van der Waals surface area contributed by atoms with Gasteiger partial charge in [0.25, 0.3) is 5.91 Å². The molecule has 1 aromatic carbocycles. The van der Waals surface area contributed by atoms with Crippen molar-refractivity contribution in [2.45, 2.75) is 46.2 Å². The van der Waals surface area contributed by atoms with Crippen LogP contribution in [0.1, 0.15) is 47.6 Å². The van der Waals surface area contributed by atoms with Gasteiger partial charge in [-0.15, -0.1) is 5.10 Å². The molecular formula is C19H27N5O2. The van der Waals surface area contributed by atoms with Crippen molar-refractivity contribution in [2.24, 2.45) is 0 Å². The van der Waals surface area contributed by atoms with Crippen LogP contribution in [0.4, 0.5) is 0 Å². The average Bonchev–Trinajstić information content (AvgIpc) is 3.02. The summed E-state index contributed by atoms with van der Waals surface area (Å²) in [4.78, 5) is 14.7. The zero-order chi connectivity index (χ0) is 18.7. The zero-order valence-corrected chi connectivity index (χ0v) is 15.7. The summed E-state index contributed by atoms with van der Waals surface area (Å²) in [6.07, 6.45) is 1.76. The number of nitrogens with one attached hydrogen (secondary N) is 1. The summed E-state index contributed by atoms with van der Waals surface area (Å²) in [6.45, 7) is 8.47. The molecular weight excluding hydrogens is 330 g/mol. The summed E-state index contributed by atoms with van der Waals surface area (Å²) in [5.41, 5.74) is 4.59. The summed E-state index contributed by atoms with van der Waals surface area (Å²) >= 11 is 0. The highest BCUT2D eigenvalue weighted by Gasteiger charge is 2.23. The molecule has 2 aromatic rings. The molecule has 140 valence electrons. The van der Waals surface area contributed by atoms with Crippen LogP contribution in [0.15, 0.2) is 18.2 Å². The van der Waals surface area contributed by atoms with E-state index in [1.807, 2.05) is 32.9 Å². The molecule has 0 aliphatic carbocycles. The number of fused-ring (bicyclic) bond motifs is 1. The van der Waals surface area contributed by atoms with Crippen molar-refractivity contribution in [3.63, 3.8) is 0 Å². The quantitative estimate of drug-likeness (QED) is 0.818. The number of aromatic nitrogens is 3. The minimum absolute atomic E-state index is 0.106. The molecule has 1 aliphatic heterocycles. The molecule has 7 heteroatoms. The largest absolute Gasteiger partial charge is 0.395 e. The molecule has 2 N–H and O–H groups in total. The number of carbonyl (C=O) groups is 1. The third kappa shape index (κ3) is 3.64. The Morgan fingerprint density at radius 3 is 2.96 bits per heavy atom. The number of hydrogen-bond donors (Lipinski definition) is 2. The molecule has 26 heavy (non-hydrogen) atoms. The van der Waals surface area contributed by atoms with Crippen LogP contribution < -0.4 is 5.32 Å². The minimum atomic E-state index is -0.179. The van der Waals surface area contributed by atoms with Gasteiger partial charge in [-0.1, -0.05) is 24.3 Å². The molecule has 3 rings (SSSR count). The lowest BCUT2D eigenvalue weighted by atomic mass is 9.97.